The Kier molecular flexibility index (Phi) is 4.63. The van der Waals surface area contributed by atoms with Crippen LogP contribution in [0, 0.1) is 5.92 Å². The van der Waals surface area contributed by atoms with Crippen molar-refractivity contribution in [3.05, 3.63) is 24.2 Å². The van der Waals surface area contributed by atoms with Gasteiger partial charge in [-0.05, 0) is 37.9 Å². The van der Waals surface area contributed by atoms with Gasteiger partial charge in [-0.3, -0.25) is 4.90 Å². The molecule has 0 amide bonds. The number of rotatable bonds is 4. The van der Waals surface area contributed by atoms with Crippen LogP contribution in [0.5, 0.6) is 0 Å². The number of nitrogens with zero attached hydrogens (tertiary/aromatic N) is 1. The smallest absolute Gasteiger partial charge is 0.117 e. The minimum absolute atomic E-state index is 0.386. The molecule has 17 heavy (non-hydrogen) atoms. The molecule has 0 aromatic carbocycles. The monoisotopic (exact) mass is 236 g/mol. The summed E-state index contributed by atoms with van der Waals surface area (Å²) in [5.74, 6) is 1.69. The second kappa shape index (κ2) is 6.22. The first-order chi connectivity index (χ1) is 8.25. The first-order valence-corrected chi connectivity index (χ1v) is 6.72. The third kappa shape index (κ3) is 3.86. The van der Waals surface area contributed by atoms with Gasteiger partial charge in [-0.15, -0.1) is 0 Å². The molecule has 2 rings (SSSR count). The molecule has 1 aromatic rings. The molecule has 1 aromatic heterocycles. The predicted octanol–water partition coefficient (Wildman–Crippen LogP) is 2.62. The van der Waals surface area contributed by atoms with Gasteiger partial charge >= 0.3 is 0 Å². The lowest BCUT2D eigenvalue weighted by atomic mass is 9.95. The van der Waals surface area contributed by atoms with Gasteiger partial charge in [0.2, 0.25) is 0 Å². The van der Waals surface area contributed by atoms with E-state index in [1.54, 1.807) is 6.26 Å². The van der Waals surface area contributed by atoms with Crippen molar-refractivity contribution in [1.82, 2.24) is 4.90 Å². The first-order valence-electron chi connectivity index (χ1n) is 6.72. The fraction of sp³-hybridized carbons (Fsp3) is 0.714. The summed E-state index contributed by atoms with van der Waals surface area (Å²) in [6, 6.07) is 4.36. The van der Waals surface area contributed by atoms with Crippen LogP contribution >= 0.6 is 0 Å². The van der Waals surface area contributed by atoms with Crippen molar-refractivity contribution < 1.29 is 4.42 Å². The molecule has 96 valence electrons. The van der Waals surface area contributed by atoms with Crippen LogP contribution in [0.2, 0.25) is 0 Å². The Bertz CT molecular complexity index is 310. The third-order valence-corrected chi connectivity index (χ3v) is 3.77. The lowest BCUT2D eigenvalue weighted by molar-refractivity contribution is 0.223. The lowest BCUT2D eigenvalue weighted by Gasteiger charge is -2.26. The van der Waals surface area contributed by atoms with E-state index in [9.17, 15) is 0 Å². The second-order valence-corrected chi connectivity index (χ2v) is 5.34. The Hall–Kier alpha value is -0.800. The highest BCUT2D eigenvalue weighted by atomic mass is 16.3. The normalized spacial score (nSPS) is 26.1. The minimum Gasteiger partial charge on any atom is -0.468 e. The average Bonchev–Trinajstić information content (AvgIpc) is 2.71. The van der Waals surface area contributed by atoms with Gasteiger partial charge in [0.05, 0.1) is 12.8 Å². The van der Waals surface area contributed by atoms with Gasteiger partial charge in [-0.2, -0.15) is 0 Å². The minimum atomic E-state index is 0.386. The summed E-state index contributed by atoms with van der Waals surface area (Å²) < 4.78 is 5.37. The summed E-state index contributed by atoms with van der Waals surface area (Å²) >= 11 is 0. The number of furan rings is 1. The van der Waals surface area contributed by atoms with Crippen molar-refractivity contribution in [1.29, 1.82) is 0 Å². The molecule has 2 atom stereocenters. The predicted molar refractivity (Wildman–Crippen MR) is 69.6 cm³/mol. The van der Waals surface area contributed by atoms with Crippen LogP contribution in [-0.4, -0.2) is 24.5 Å². The van der Waals surface area contributed by atoms with Gasteiger partial charge in [0.25, 0.3) is 0 Å². The van der Waals surface area contributed by atoms with Crippen molar-refractivity contribution in [2.45, 2.75) is 44.7 Å². The second-order valence-electron chi connectivity index (χ2n) is 5.34. The Morgan fingerprint density at radius 2 is 2.18 bits per heavy atom. The van der Waals surface area contributed by atoms with Crippen LogP contribution in [0.4, 0.5) is 0 Å². The standard InChI is InChI=1S/C14H24N2O/c1-16(11-13-7-5-9-17-13)10-12-6-3-2-4-8-14(12)15/h5,7,9,12,14H,2-4,6,8,10-11,15H2,1H3. The Labute approximate surface area is 104 Å². The van der Waals surface area contributed by atoms with Crippen LogP contribution < -0.4 is 5.73 Å². The summed E-state index contributed by atoms with van der Waals surface area (Å²) in [7, 11) is 2.15. The fourth-order valence-electron chi connectivity index (χ4n) is 2.77. The summed E-state index contributed by atoms with van der Waals surface area (Å²) in [4.78, 5) is 2.33. The van der Waals surface area contributed by atoms with Gasteiger partial charge in [0, 0.05) is 12.6 Å². The largest absolute Gasteiger partial charge is 0.468 e. The van der Waals surface area contributed by atoms with Crippen LogP contribution in [0.25, 0.3) is 0 Å². The van der Waals surface area contributed by atoms with Gasteiger partial charge in [-0.25, -0.2) is 0 Å². The van der Waals surface area contributed by atoms with Gasteiger partial charge in [-0.1, -0.05) is 19.3 Å². The molecule has 3 heteroatoms. The zero-order chi connectivity index (χ0) is 12.1. The summed E-state index contributed by atoms with van der Waals surface area (Å²) in [5, 5.41) is 0. The van der Waals surface area contributed by atoms with E-state index >= 15 is 0 Å². The molecule has 1 heterocycles. The molecule has 2 unspecified atom stereocenters. The van der Waals surface area contributed by atoms with Crippen molar-refractivity contribution in [3.63, 3.8) is 0 Å². The molecule has 2 N–H and O–H groups in total. The maximum absolute atomic E-state index is 6.25. The molecule has 0 bridgehead atoms. The number of nitrogens with two attached hydrogens (primary N) is 1. The van der Waals surface area contributed by atoms with Crippen LogP contribution in [-0.2, 0) is 6.54 Å². The molecular formula is C14H24N2O. The molecule has 0 aliphatic heterocycles. The van der Waals surface area contributed by atoms with E-state index in [1.807, 2.05) is 12.1 Å². The van der Waals surface area contributed by atoms with E-state index in [2.05, 4.69) is 11.9 Å². The Morgan fingerprint density at radius 3 is 2.94 bits per heavy atom. The third-order valence-electron chi connectivity index (χ3n) is 3.77. The Balaban J connectivity index is 1.82. The first kappa shape index (κ1) is 12.7. The number of hydrogen-bond acceptors (Lipinski definition) is 3. The Morgan fingerprint density at radius 1 is 1.35 bits per heavy atom. The SMILES string of the molecule is CN(Cc1ccco1)CC1CCCCCC1N. The van der Waals surface area contributed by atoms with Crippen LogP contribution in [0.15, 0.2) is 22.8 Å². The fourth-order valence-corrected chi connectivity index (χ4v) is 2.77. The van der Waals surface area contributed by atoms with Crippen LogP contribution in [0.3, 0.4) is 0 Å². The van der Waals surface area contributed by atoms with Crippen molar-refractivity contribution >= 4 is 0 Å². The summed E-state index contributed by atoms with van der Waals surface area (Å²) in [6.07, 6.45) is 8.21. The highest BCUT2D eigenvalue weighted by Crippen LogP contribution is 2.23. The van der Waals surface area contributed by atoms with Crippen molar-refractivity contribution in [3.8, 4) is 0 Å². The van der Waals surface area contributed by atoms with Gasteiger partial charge in [0.15, 0.2) is 0 Å². The van der Waals surface area contributed by atoms with E-state index < -0.39 is 0 Å². The van der Waals surface area contributed by atoms with E-state index in [4.69, 9.17) is 10.2 Å². The maximum Gasteiger partial charge on any atom is 0.117 e. The zero-order valence-electron chi connectivity index (χ0n) is 10.8. The molecule has 0 radical (unpaired) electrons. The molecule has 1 fully saturated rings. The molecule has 0 spiro atoms. The maximum atomic E-state index is 6.25. The molecular weight excluding hydrogens is 212 g/mol. The molecule has 1 aliphatic carbocycles. The molecule has 1 aliphatic rings. The number of hydrogen-bond donors (Lipinski definition) is 1. The van der Waals surface area contributed by atoms with Gasteiger partial charge < -0.3 is 10.2 Å². The summed E-state index contributed by atoms with van der Waals surface area (Å²) in [5.41, 5.74) is 6.25. The van der Waals surface area contributed by atoms with Crippen LogP contribution in [0.1, 0.15) is 37.9 Å². The topological polar surface area (TPSA) is 42.4 Å². The molecule has 3 nitrogen and oxygen atoms in total. The van der Waals surface area contributed by atoms with Crippen molar-refractivity contribution in [2.24, 2.45) is 11.7 Å². The van der Waals surface area contributed by atoms with E-state index in [0.29, 0.717) is 12.0 Å². The zero-order valence-corrected chi connectivity index (χ0v) is 10.8. The van der Waals surface area contributed by atoms with E-state index in [1.165, 1.54) is 32.1 Å². The highest BCUT2D eigenvalue weighted by molar-refractivity contribution is 4.97. The van der Waals surface area contributed by atoms with E-state index in [-0.39, 0.29) is 0 Å². The lowest BCUT2D eigenvalue weighted by Crippen LogP contribution is -2.37. The highest BCUT2D eigenvalue weighted by Gasteiger charge is 2.21. The quantitative estimate of drug-likeness (QED) is 0.817. The summed E-state index contributed by atoms with van der Waals surface area (Å²) in [6.45, 7) is 1.97. The van der Waals surface area contributed by atoms with Crippen molar-refractivity contribution in [2.75, 3.05) is 13.6 Å². The van der Waals surface area contributed by atoms with E-state index in [0.717, 1.165) is 18.8 Å². The van der Waals surface area contributed by atoms with Gasteiger partial charge in [0.1, 0.15) is 5.76 Å². The average molecular weight is 236 g/mol. The molecule has 0 saturated heterocycles. The molecule has 1 saturated carbocycles.